The minimum atomic E-state index is -0.116. The molecule has 0 aliphatic carbocycles. The Morgan fingerprint density at radius 3 is 2.71 bits per heavy atom. The number of halogens is 1. The van der Waals surface area contributed by atoms with Gasteiger partial charge >= 0.3 is 5.69 Å². The van der Waals surface area contributed by atoms with Crippen molar-refractivity contribution in [2.45, 2.75) is 26.3 Å². The highest BCUT2D eigenvalue weighted by Crippen LogP contribution is 2.42. The van der Waals surface area contributed by atoms with E-state index in [2.05, 4.69) is 37.8 Å². The van der Waals surface area contributed by atoms with Crippen LogP contribution in [0.15, 0.2) is 9.53 Å². The number of aromatic amines is 1. The molecule has 0 aromatic carbocycles. The molecule has 3 aliphatic rings. The minimum absolute atomic E-state index is 0.116. The number of nitrogens with zero attached hydrogens (tertiary/aromatic N) is 3. The monoisotopic (exact) mass is 300 g/mol. The van der Waals surface area contributed by atoms with Crippen molar-refractivity contribution in [3.05, 3.63) is 15.2 Å². The Balaban J connectivity index is 1.85. The number of H-pyrrole nitrogens is 1. The second kappa shape index (κ2) is 3.95. The summed E-state index contributed by atoms with van der Waals surface area (Å²) < 4.78 is 2.08. The van der Waals surface area contributed by atoms with Crippen molar-refractivity contribution < 1.29 is 0 Å². The first-order valence-corrected chi connectivity index (χ1v) is 6.91. The quantitative estimate of drug-likeness (QED) is 0.889. The molecule has 94 valence electrons. The summed E-state index contributed by atoms with van der Waals surface area (Å²) in [6.45, 7) is 6.54. The van der Waals surface area contributed by atoms with Gasteiger partial charge in [0.2, 0.25) is 0 Å². The number of rotatable bonds is 2. The minimum Gasteiger partial charge on any atom is -0.303 e. The molecule has 0 saturated carbocycles. The largest absolute Gasteiger partial charge is 0.343 e. The zero-order valence-corrected chi connectivity index (χ0v) is 11.5. The number of hydrogen-bond donors (Lipinski definition) is 1. The van der Waals surface area contributed by atoms with Crippen molar-refractivity contribution in [1.29, 1.82) is 0 Å². The molecule has 1 unspecified atom stereocenters. The van der Waals surface area contributed by atoms with Gasteiger partial charge in [0.05, 0.1) is 6.54 Å². The molecule has 17 heavy (non-hydrogen) atoms. The topological polar surface area (TPSA) is 53.9 Å². The van der Waals surface area contributed by atoms with Gasteiger partial charge in [-0.3, -0.25) is 4.98 Å². The van der Waals surface area contributed by atoms with Gasteiger partial charge in [0.15, 0.2) is 4.73 Å². The van der Waals surface area contributed by atoms with E-state index in [1.54, 1.807) is 4.68 Å². The second-order valence-corrected chi connectivity index (χ2v) is 6.33. The van der Waals surface area contributed by atoms with Crippen LogP contribution in [0.2, 0.25) is 0 Å². The highest BCUT2D eigenvalue weighted by molar-refractivity contribution is 9.10. The maximum atomic E-state index is 11.7. The number of hydrogen-bond acceptors (Lipinski definition) is 3. The van der Waals surface area contributed by atoms with E-state index in [0.717, 1.165) is 19.0 Å². The van der Waals surface area contributed by atoms with Crippen molar-refractivity contribution in [3.63, 3.8) is 0 Å². The summed E-state index contributed by atoms with van der Waals surface area (Å²) in [6, 6.07) is 0. The lowest BCUT2D eigenvalue weighted by atomic mass is 9.68. The van der Waals surface area contributed by atoms with Crippen LogP contribution in [-0.4, -0.2) is 39.3 Å². The van der Waals surface area contributed by atoms with Crippen molar-refractivity contribution >= 4 is 15.9 Å². The molecule has 5 nitrogen and oxygen atoms in total. The van der Waals surface area contributed by atoms with Crippen LogP contribution < -0.4 is 5.69 Å². The first kappa shape index (κ1) is 11.5. The summed E-state index contributed by atoms with van der Waals surface area (Å²) in [5.74, 6) is 0.731. The maximum Gasteiger partial charge on any atom is 0.343 e. The Hall–Kier alpha value is -0.620. The van der Waals surface area contributed by atoms with Gasteiger partial charge in [0.25, 0.3) is 0 Å². The zero-order valence-electron chi connectivity index (χ0n) is 9.95. The lowest BCUT2D eigenvalue weighted by Gasteiger charge is -2.51. The highest BCUT2D eigenvalue weighted by Gasteiger charge is 2.43. The van der Waals surface area contributed by atoms with E-state index in [1.165, 1.54) is 25.9 Å². The highest BCUT2D eigenvalue weighted by atomic mass is 79.9. The van der Waals surface area contributed by atoms with E-state index in [4.69, 9.17) is 0 Å². The molecule has 6 heteroatoms. The van der Waals surface area contributed by atoms with E-state index in [1.807, 2.05) is 0 Å². The smallest absolute Gasteiger partial charge is 0.303 e. The average Bonchev–Trinajstić information content (AvgIpc) is 2.58. The van der Waals surface area contributed by atoms with Crippen molar-refractivity contribution in [3.8, 4) is 0 Å². The standard InChI is InChI=1S/C11H17BrN4O/c1-11(6-15-4-2-8(11)3-5-15)7-16-10(17)13-9(12)14-16/h8H,2-7H2,1H3,(H,13,14,17). The lowest BCUT2D eigenvalue weighted by molar-refractivity contribution is -0.0301. The Labute approximate surface area is 108 Å². The summed E-state index contributed by atoms with van der Waals surface area (Å²) in [5, 5.41) is 4.18. The van der Waals surface area contributed by atoms with Crippen LogP contribution >= 0.6 is 15.9 Å². The Kier molecular flexibility index (Phi) is 2.66. The average molecular weight is 301 g/mol. The molecule has 0 radical (unpaired) electrons. The summed E-state index contributed by atoms with van der Waals surface area (Å²) in [6.07, 6.45) is 2.52. The summed E-state index contributed by atoms with van der Waals surface area (Å²) >= 11 is 3.21. The molecule has 1 atom stereocenters. The van der Waals surface area contributed by atoms with E-state index < -0.39 is 0 Å². The lowest BCUT2D eigenvalue weighted by Crippen LogP contribution is -2.55. The molecule has 4 rings (SSSR count). The zero-order chi connectivity index (χ0) is 12.0. The number of nitrogens with one attached hydrogen (secondary N) is 1. The molecular formula is C11H17BrN4O. The van der Waals surface area contributed by atoms with Gasteiger partial charge < -0.3 is 4.90 Å². The van der Waals surface area contributed by atoms with Crippen molar-refractivity contribution in [2.75, 3.05) is 19.6 Å². The van der Waals surface area contributed by atoms with E-state index in [0.29, 0.717) is 4.73 Å². The molecule has 0 amide bonds. The van der Waals surface area contributed by atoms with Crippen LogP contribution in [-0.2, 0) is 6.54 Å². The molecule has 1 aromatic heterocycles. The first-order valence-electron chi connectivity index (χ1n) is 6.12. The third kappa shape index (κ3) is 1.97. The number of fused-ring (bicyclic) bond motifs is 3. The maximum absolute atomic E-state index is 11.7. The Bertz CT molecular complexity index is 474. The normalized spacial score (nSPS) is 36.4. The SMILES string of the molecule is CC1(Cn2nc(Br)[nH]c2=O)CN2CCC1CC2. The first-order chi connectivity index (χ1) is 8.07. The van der Waals surface area contributed by atoms with E-state index in [-0.39, 0.29) is 11.1 Å². The summed E-state index contributed by atoms with van der Waals surface area (Å²) in [7, 11) is 0. The summed E-state index contributed by atoms with van der Waals surface area (Å²) in [4.78, 5) is 16.8. The molecule has 2 bridgehead atoms. The van der Waals surface area contributed by atoms with Crippen LogP contribution in [0.1, 0.15) is 19.8 Å². The van der Waals surface area contributed by atoms with Crippen molar-refractivity contribution in [2.24, 2.45) is 11.3 Å². The van der Waals surface area contributed by atoms with Crippen LogP contribution in [0, 0.1) is 11.3 Å². The fraction of sp³-hybridized carbons (Fsp3) is 0.818. The Morgan fingerprint density at radius 2 is 2.24 bits per heavy atom. The van der Waals surface area contributed by atoms with Crippen LogP contribution in [0.3, 0.4) is 0 Å². The second-order valence-electron chi connectivity index (χ2n) is 5.58. The third-order valence-electron chi connectivity index (χ3n) is 4.32. The fourth-order valence-corrected chi connectivity index (χ4v) is 3.75. The predicted octanol–water partition coefficient (Wildman–Crippen LogP) is 1.07. The number of piperidine rings is 3. The van der Waals surface area contributed by atoms with E-state index in [9.17, 15) is 4.79 Å². The van der Waals surface area contributed by atoms with Crippen LogP contribution in [0.25, 0.3) is 0 Å². The summed E-state index contributed by atoms with van der Waals surface area (Å²) in [5.41, 5.74) is 0.0733. The van der Waals surface area contributed by atoms with Gasteiger partial charge in [-0.2, -0.15) is 0 Å². The molecule has 1 aromatic rings. The van der Waals surface area contributed by atoms with Gasteiger partial charge in [-0.25, -0.2) is 9.48 Å². The van der Waals surface area contributed by atoms with Gasteiger partial charge in [0.1, 0.15) is 0 Å². The van der Waals surface area contributed by atoms with Crippen molar-refractivity contribution in [1.82, 2.24) is 19.7 Å². The molecule has 3 fully saturated rings. The van der Waals surface area contributed by atoms with Crippen LogP contribution in [0.5, 0.6) is 0 Å². The molecule has 1 N–H and O–H groups in total. The molecule has 0 spiro atoms. The fourth-order valence-electron chi connectivity index (χ4n) is 3.39. The van der Waals surface area contributed by atoms with Gasteiger partial charge in [-0.15, -0.1) is 5.10 Å². The number of aromatic nitrogens is 3. The van der Waals surface area contributed by atoms with Gasteiger partial charge in [-0.1, -0.05) is 6.92 Å². The molecule has 3 saturated heterocycles. The molecule has 3 aliphatic heterocycles. The molecular weight excluding hydrogens is 284 g/mol. The van der Waals surface area contributed by atoms with Gasteiger partial charge in [-0.05, 0) is 47.8 Å². The predicted molar refractivity (Wildman–Crippen MR) is 67.8 cm³/mol. The third-order valence-corrected chi connectivity index (χ3v) is 4.68. The molecule has 4 heterocycles. The van der Waals surface area contributed by atoms with Gasteiger partial charge in [0, 0.05) is 12.0 Å². The van der Waals surface area contributed by atoms with Crippen LogP contribution in [0.4, 0.5) is 0 Å². The Morgan fingerprint density at radius 1 is 1.53 bits per heavy atom. The van der Waals surface area contributed by atoms with E-state index >= 15 is 0 Å².